The van der Waals surface area contributed by atoms with E-state index in [-0.39, 0.29) is 17.9 Å². The second-order valence-electron chi connectivity index (χ2n) is 5.77. The highest BCUT2D eigenvalue weighted by Crippen LogP contribution is 2.15. The van der Waals surface area contributed by atoms with E-state index in [9.17, 15) is 9.90 Å². The van der Waals surface area contributed by atoms with Crippen LogP contribution in [0.3, 0.4) is 0 Å². The van der Waals surface area contributed by atoms with E-state index in [4.69, 9.17) is 0 Å². The van der Waals surface area contributed by atoms with Crippen molar-refractivity contribution in [2.75, 3.05) is 13.2 Å². The Balaban J connectivity index is 2.15. The predicted octanol–water partition coefficient (Wildman–Crippen LogP) is 1.32. The van der Waals surface area contributed by atoms with Gasteiger partial charge >= 0.3 is 0 Å². The van der Waals surface area contributed by atoms with Crippen molar-refractivity contribution in [2.45, 2.75) is 20.8 Å². The smallest absolute Gasteiger partial charge is 0.254 e. The van der Waals surface area contributed by atoms with E-state index in [1.165, 1.54) is 0 Å². The topological polar surface area (TPSA) is 80.0 Å². The van der Waals surface area contributed by atoms with Gasteiger partial charge in [-0.15, -0.1) is 0 Å². The van der Waals surface area contributed by atoms with Crippen LogP contribution in [0, 0.1) is 12.3 Å². The van der Waals surface area contributed by atoms with Gasteiger partial charge in [0.05, 0.1) is 23.1 Å². The lowest BCUT2D eigenvalue weighted by Crippen LogP contribution is -2.36. The number of rotatable bonds is 5. The summed E-state index contributed by atoms with van der Waals surface area (Å²) in [6, 6.07) is 3.66. The molecule has 0 aliphatic heterocycles. The number of aliphatic hydroxyl groups is 1. The molecular formula is C15H20N4O2. The molecular weight excluding hydrogens is 268 g/mol. The average Bonchev–Trinajstić information content (AvgIpc) is 2.87. The number of hydrogen-bond acceptors (Lipinski definition) is 4. The first-order valence-corrected chi connectivity index (χ1v) is 6.79. The van der Waals surface area contributed by atoms with Gasteiger partial charge in [0, 0.05) is 31.0 Å². The molecule has 0 aromatic carbocycles. The van der Waals surface area contributed by atoms with E-state index in [0.717, 1.165) is 11.4 Å². The Morgan fingerprint density at radius 1 is 1.38 bits per heavy atom. The van der Waals surface area contributed by atoms with E-state index >= 15 is 0 Å². The number of carbonyl (C=O) groups is 1. The Morgan fingerprint density at radius 3 is 2.67 bits per heavy atom. The van der Waals surface area contributed by atoms with Gasteiger partial charge in [0.1, 0.15) is 0 Å². The Labute approximate surface area is 123 Å². The number of carbonyl (C=O) groups excluding carboxylic acids is 1. The van der Waals surface area contributed by atoms with Crippen molar-refractivity contribution in [3.8, 4) is 5.69 Å². The van der Waals surface area contributed by atoms with E-state index in [0.29, 0.717) is 12.1 Å². The molecule has 0 spiro atoms. The van der Waals surface area contributed by atoms with Crippen molar-refractivity contribution in [3.63, 3.8) is 0 Å². The molecule has 2 heterocycles. The summed E-state index contributed by atoms with van der Waals surface area (Å²) in [7, 11) is 0. The Bertz CT molecular complexity index is 620. The van der Waals surface area contributed by atoms with E-state index in [2.05, 4.69) is 15.4 Å². The molecule has 0 radical (unpaired) electrons. The average molecular weight is 288 g/mol. The van der Waals surface area contributed by atoms with Crippen LogP contribution in [0.15, 0.2) is 30.7 Å². The monoisotopic (exact) mass is 288 g/mol. The van der Waals surface area contributed by atoms with Crippen LogP contribution < -0.4 is 5.32 Å². The maximum Gasteiger partial charge on any atom is 0.254 e. The fraction of sp³-hybridized carbons (Fsp3) is 0.400. The van der Waals surface area contributed by atoms with Gasteiger partial charge in [-0.1, -0.05) is 13.8 Å². The summed E-state index contributed by atoms with van der Waals surface area (Å²) in [5.41, 5.74) is 1.81. The van der Waals surface area contributed by atoms with Crippen LogP contribution in [0.2, 0.25) is 0 Å². The second-order valence-corrected chi connectivity index (χ2v) is 5.77. The highest BCUT2D eigenvalue weighted by Gasteiger charge is 2.20. The van der Waals surface area contributed by atoms with Gasteiger partial charge in [0.25, 0.3) is 5.91 Å². The number of nitrogens with one attached hydrogen (secondary N) is 1. The third kappa shape index (κ3) is 3.46. The summed E-state index contributed by atoms with van der Waals surface area (Å²) in [5.74, 6) is -0.186. The van der Waals surface area contributed by atoms with Gasteiger partial charge in [-0.2, -0.15) is 5.10 Å². The zero-order valence-corrected chi connectivity index (χ0v) is 12.5. The molecule has 2 aromatic rings. The lowest BCUT2D eigenvalue weighted by atomic mass is 9.95. The Morgan fingerprint density at radius 2 is 2.05 bits per heavy atom. The molecule has 112 valence electrons. The lowest BCUT2D eigenvalue weighted by molar-refractivity contribution is 0.0910. The summed E-state index contributed by atoms with van der Waals surface area (Å²) in [5, 5.41) is 16.3. The van der Waals surface area contributed by atoms with Crippen molar-refractivity contribution in [1.82, 2.24) is 20.1 Å². The fourth-order valence-electron chi connectivity index (χ4n) is 1.85. The number of amides is 1. The van der Waals surface area contributed by atoms with Crippen molar-refractivity contribution >= 4 is 5.91 Å². The van der Waals surface area contributed by atoms with Crippen LogP contribution in [-0.2, 0) is 0 Å². The van der Waals surface area contributed by atoms with Crippen LogP contribution in [0.1, 0.15) is 29.9 Å². The summed E-state index contributed by atoms with van der Waals surface area (Å²) in [4.78, 5) is 16.2. The largest absolute Gasteiger partial charge is 0.396 e. The number of nitrogens with zero attached hydrogens (tertiary/aromatic N) is 3. The van der Waals surface area contributed by atoms with E-state index in [1.807, 2.05) is 32.9 Å². The van der Waals surface area contributed by atoms with Gasteiger partial charge < -0.3 is 10.4 Å². The van der Waals surface area contributed by atoms with Crippen molar-refractivity contribution in [2.24, 2.45) is 5.41 Å². The molecule has 0 aliphatic rings. The number of aliphatic hydroxyl groups excluding tert-OH is 1. The molecule has 2 N–H and O–H groups in total. The van der Waals surface area contributed by atoms with Gasteiger partial charge in [-0.3, -0.25) is 9.78 Å². The van der Waals surface area contributed by atoms with Crippen LogP contribution in [0.4, 0.5) is 0 Å². The van der Waals surface area contributed by atoms with Crippen LogP contribution in [0.5, 0.6) is 0 Å². The van der Waals surface area contributed by atoms with Crippen molar-refractivity contribution in [1.29, 1.82) is 0 Å². The maximum absolute atomic E-state index is 12.2. The van der Waals surface area contributed by atoms with E-state index < -0.39 is 0 Å². The summed E-state index contributed by atoms with van der Waals surface area (Å²) in [6.07, 6.45) is 4.91. The molecule has 0 saturated carbocycles. The van der Waals surface area contributed by atoms with Crippen molar-refractivity contribution < 1.29 is 9.90 Å². The first-order valence-electron chi connectivity index (χ1n) is 6.79. The minimum absolute atomic E-state index is 0.0164. The second kappa shape index (κ2) is 6.05. The minimum atomic E-state index is -0.343. The quantitative estimate of drug-likeness (QED) is 0.869. The first-order chi connectivity index (χ1) is 9.94. The van der Waals surface area contributed by atoms with Gasteiger partial charge in [0.2, 0.25) is 0 Å². The Hall–Kier alpha value is -2.21. The van der Waals surface area contributed by atoms with Gasteiger partial charge in [0.15, 0.2) is 0 Å². The molecule has 0 bridgehead atoms. The highest BCUT2D eigenvalue weighted by atomic mass is 16.3. The molecule has 6 nitrogen and oxygen atoms in total. The van der Waals surface area contributed by atoms with Crippen LogP contribution in [-0.4, -0.2) is 38.9 Å². The standard InChI is InChI=1S/C15H20N4O2/c1-11-13(14(21)17-9-15(2,3)10-20)8-18-19(11)12-4-6-16-7-5-12/h4-8,20H,9-10H2,1-3H3,(H,17,21). The zero-order chi connectivity index (χ0) is 15.5. The minimum Gasteiger partial charge on any atom is -0.396 e. The Kier molecular flexibility index (Phi) is 4.37. The SMILES string of the molecule is Cc1c(C(=O)NCC(C)(C)CO)cnn1-c1ccncc1. The number of hydrogen-bond donors (Lipinski definition) is 2. The number of pyridine rings is 1. The van der Waals surface area contributed by atoms with E-state index in [1.54, 1.807) is 23.3 Å². The third-order valence-corrected chi connectivity index (χ3v) is 3.32. The molecule has 1 amide bonds. The third-order valence-electron chi connectivity index (χ3n) is 3.32. The molecule has 0 saturated heterocycles. The normalized spacial score (nSPS) is 11.4. The number of aromatic nitrogens is 3. The lowest BCUT2D eigenvalue weighted by Gasteiger charge is -2.21. The molecule has 0 fully saturated rings. The summed E-state index contributed by atoms with van der Waals surface area (Å²) in [6.45, 7) is 6.05. The maximum atomic E-state index is 12.2. The summed E-state index contributed by atoms with van der Waals surface area (Å²) >= 11 is 0. The van der Waals surface area contributed by atoms with Gasteiger partial charge in [-0.05, 0) is 19.1 Å². The van der Waals surface area contributed by atoms with Crippen molar-refractivity contribution in [3.05, 3.63) is 42.0 Å². The molecule has 0 unspecified atom stereocenters. The zero-order valence-electron chi connectivity index (χ0n) is 12.5. The fourth-order valence-corrected chi connectivity index (χ4v) is 1.85. The predicted molar refractivity (Wildman–Crippen MR) is 79.3 cm³/mol. The summed E-state index contributed by atoms with van der Waals surface area (Å²) < 4.78 is 1.70. The van der Waals surface area contributed by atoms with Crippen LogP contribution >= 0.6 is 0 Å². The molecule has 6 heteroatoms. The molecule has 2 aromatic heterocycles. The van der Waals surface area contributed by atoms with Gasteiger partial charge in [-0.25, -0.2) is 4.68 Å². The molecule has 0 atom stereocenters. The molecule has 21 heavy (non-hydrogen) atoms. The highest BCUT2D eigenvalue weighted by molar-refractivity contribution is 5.95. The molecule has 0 aliphatic carbocycles. The first kappa shape index (κ1) is 15.2. The van der Waals surface area contributed by atoms with Crippen LogP contribution in [0.25, 0.3) is 5.69 Å². The molecule has 2 rings (SSSR count).